The van der Waals surface area contributed by atoms with Gasteiger partial charge in [-0.25, -0.2) is 4.39 Å². The number of hydrogen-bond acceptors (Lipinski definition) is 3. The second-order valence-electron chi connectivity index (χ2n) is 5.19. The van der Waals surface area contributed by atoms with E-state index in [0.29, 0.717) is 30.0 Å². The van der Waals surface area contributed by atoms with Gasteiger partial charge in [-0.1, -0.05) is 18.2 Å². The molecule has 2 aromatic rings. The van der Waals surface area contributed by atoms with Gasteiger partial charge in [-0.15, -0.1) is 0 Å². The van der Waals surface area contributed by atoms with Crippen molar-refractivity contribution in [2.24, 2.45) is 0 Å². The van der Waals surface area contributed by atoms with Crippen molar-refractivity contribution in [3.63, 3.8) is 0 Å². The molecule has 0 amide bonds. The zero-order chi connectivity index (χ0) is 15.2. The largest absolute Gasteiger partial charge is 0.489 e. The number of anilines is 2. The molecule has 0 aromatic heterocycles. The molecule has 0 saturated carbocycles. The first-order valence-corrected chi connectivity index (χ1v) is 7.09. The number of ether oxygens (including phenoxy) is 1. The van der Waals surface area contributed by atoms with Crippen molar-refractivity contribution in [1.29, 1.82) is 0 Å². The molecule has 0 fully saturated rings. The van der Waals surface area contributed by atoms with Crippen LogP contribution >= 0.6 is 0 Å². The molecular weight excluding hydrogens is 267 g/mol. The maximum absolute atomic E-state index is 13.5. The van der Waals surface area contributed by atoms with Crippen LogP contribution in [-0.2, 0) is 6.42 Å². The summed E-state index contributed by atoms with van der Waals surface area (Å²) in [5.74, 6) is 0.501. The lowest BCUT2D eigenvalue weighted by Gasteiger charge is -2.14. The van der Waals surface area contributed by atoms with E-state index in [1.165, 1.54) is 6.07 Å². The fraction of sp³-hybridized carbons (Fsp3) is 0.294. The molecule has 2 aromatic carbocycles. The van der Waals surface area contributed by atoms with Crippen LogP contribution in [0.5, 0.6) is 5.75 Å². The Kier molecular flexibility index (Phi) is 5.04. The van der Waals surface area contributed by atoms with Crippen LogP contribution in [0.3, 0.4) is 0 Å². The smallest absolute Gasteiger partial charge is 0.144 e. The lowest BCUT2D eigenvalue weighted by molar-refractivity contribution is 0.244. The predicted octanol–water partition coefficient (Wildman–Crippen LogP) is 3.85. The zero-order valence-corrected chi connectivity index (χ0v) is 12.4. The highest BCUT2D eigenvalue weighted by molar-refractivity contribution is 5.61. The summed E-state index contributed by atoms with van der Waals surface area (Å²) in [6.07, 6.45) is 0.693. The minimum Gasteiger partial charge on any atom is -0.489 e. The van der Waals surface area contributed by atoms with Crippen LogP contribution < -0.4 is 15.8 Å². The van der Waals surface area contributed by atoms with Gasteiger partial charge < -0.3 is 15.8 Å². The Balaban J connectivity index is 1.96. The summed E-state index contributed by atoms with van der Waals surface area (Å²) in [5, 5.41) is 3.26. The number of benzene rings is 2. The van der Waals surface area contributed by atoms with Crippen LogP contribution in [0.15, 0.2) is 42.5 Å². The van der Waals surface area contributed by atoms with E-state index in [0.717, 1.165) is 5.69 Å². The highest BCUT2D eigenvalue weighted by atomic mass is 19.1. The van der Waals surface area contributed by atoms with Gasteiger partial charge in [0, 0.05) is 18.3 Å². The summed E-state index contributed by atoms with van der Waals surface area (Å²) in [4.78, 5) is 0. The van der Waals surface area contributed by atoms with Gasteiger partial charge in [-0.05, 0) is 44.0 Å². The summed E-state index contributed by atoms with van der Waals surface area (Å²) in [5.41, 5.74) is 8.11. The van der Waals surface area contributed by atoms with E-state index in [4.69, 9.17) is 10.5 Å². The third-order valence-electron chi connectivity index (χ3n) is 3.06. The second-order valence-corrected chi connectivity index (χ2v) is 5.19. The molecule has 0 unspecified atom stereocenters. The molecule has 2 rings (SSSR count). The Morgan fingerprint density at radius 2 is 1.95 bits per heavy atom. The van der Waals surface area contributed by atoms with Crippen LogP contribution in [0, 0.1) is 5.82 Å². The molecule has 0 aliphatic carbocycles. The molecule has 0 aliphatic heterocycles. The maximum Gasteiger partial charge on any atom is 0.144 e. The molecular formula is C17H21FN2O. The summed E-state index contributed by atoms with van der Waals surface area (Å²) < 4.78 is 19.2. The molecule has 112 valence electrons. The van der Waals surface area contributed by atoms with Crippen LogP contribution in [0.4, 0.5) is 15.8 Å². The SMILES string of the molecule is CC(C)Oc1cc(NCCc2ccccc2F)ccc1N. The molecule has 0 aliphatic rings. The molecule has 0 radical (unpaired) electrons. The number of nitrogen functional groups attached to an aromatic ring is 1. The van der Waals surface area contributed by atoms with Crippen LogP contribution in [0.2, 0.25) is 0 Å². The van der Waals surface area contributed by atoms with E-state index in [9.17, 15) is 4.39 Å². The van der Waals surface area contributed by atoms with E-state index in [1.54, 1.807) is 12.1 Å². The average Bonchev–Trinajstić information content (AvgIpc) is 2.44. The van der Waals surface area contributed by atoms with Crippen molar-refractivity contribution in [3.8, 4) is 5.75 Å². The molecule has 4 heteroatoms. The fourth-order valence-electron chi connectivity index (χ4n) is 2.04. The average molecular weight is 288 g/mol. The van der Waals surface area contributed by atoms with Gasteiger partial charge in [0.15, 0.2) is 0 Å². The van der Waals surface area contributed by atoms with Gasteiger partial charge in [0.1, 0.15) is 11.6 Å². The fourth-order valence-corrected chi connectivity index (χ4v) is 2.04. The first-order valence-electron chi connectivity index (χ1n) is 7.09. The third kappa shape index (κ3) is 4.38. The first-order chi connectivity index (χ1) is 10.1. The monoisotopic (exact) mass is 288 g/mol. The van der Waals surface area contributed by atoms with E-state index in [1.807, 2.05) is 38.1 Å². The van der Waals surface area contributed by atoms with Crippen LogP contribution in [0.25, 0.3) is 0 Å². The number of hydrogen-bond donors (Lipinski definition) is 2. The molecule has 0 saturated heterocycles. The summed E-state index contributed by atoms with van der Waals surface area (Å²) >= 11 is 0. The lowest BCUT2D eigenvalue weighted by atomic mass is 10.1. The van der Waals surface area contributed by atoms with Gasteiger partial charge in [0.2, 0.25) is 0 Å². The quantitative estimate of drug-likeness (QED) is 0.794. The molecule has 0 heterocycles. The van der Waals surface area contributed by atoms with Crippen molar-refractivity contribution in [1.82, 2.24) is 0 Å². The number of nitrogens with two attached hydrogens (primary N) is 1. The van der Waals surface area contributed by atoms with Gasteiger partial charge in [0.25, 0.3) is 0 Å². The molecule has 0 atom stereocenters. The van der Waals surface area contributed by atoms with Crippen molar-refractivity contribution >= 4 is 11.4 Å². The molecule has 3 N–H and O–H groups in total. The summed E-state index contributed by atoms with van der Waals surface area (Å²) in [6, 6.07) is 12.4. The standard InChI is InChI=1S/C17H21FN2O/c1-12(2)21-17-11-14(7-8-16(17)19)20-10-9-13-5-3-4-6-15(13)18/h3-8,11-12,20H,9-10,19H2,1-2H3. The predicted molar refractivity (Wildman–Crippen MR) is 85.2 cm³/mol. The highest BCUT2D eigenvalue weighted by Crippen LogP contribution is 2.26. The molecule has 3 nitrogen and oxygen atoms in total. The lowest BCUT2D eigenvalue weighted by Crippen LogP contribution is -2.09. The normalized spacial score (nSPS) is 10.7. The van der Waals surface area contributed by atoms with Crippen molar-refractivity contribution in [2.45, 2.75) is 26.4 Å². The number of rotatable bonds is 6. The van der Waals surface area contributed by atoms with E-state index in [2.05, 4.69) is 5.32 Å². The molecule has 0 spiro atoms. The first kappa shape index (κ1) is 15.2. The molecule has 21 heavy (non-hydrogen) atoms. The Bertz CT molecular complexity index is 599. The number of halogens is 1. The Morgan fingerprint density at radius 3 is 2.67 bits per heavy atom. The molecule has 0 bridgehead atoms. The van der Waals surface area contributed by atoms with Crippen LogP contribution in [-0.4, -0.2) is 12.6 Å². The zero-order valence-electron chi connectivity index (χ0n) is 12.4. The number of nitrogens with one attached hydrogen (secondary N) is 1. The van der Waals surface area contributed by atoms with Crippen molar-refractivity contribution in [2.75, 3.05) is 17.6 Å². The Labute approximate surface area is 124 Å². The highest BCUT2D eigenvalue weighted by Gasteiger charge is 2.05. The Morgan fingerprint density at radius 1 is 1.19 bits per heavy atom. The van der Waals surface area contributed by atoms with Crippen molar-refractivity contribution in [3.05, 3.63) is 53.8 Å². The van der Waals surface area contributed by atoms with Gasteiger partial charge >= 0.3 is 0 Å². The minimum absolute atomic E-state index is 0.0703. The van der Waals surface area contributed by atoms with E-state index >= 15 is 0 Å². The van der Waals surface area contributed by atoms with E-state index in [-0.39, 0.29) is 11.9 Å². The topological polar surface area (TPSA) is 47.3 Å². The summed E-state index contributed by atoms with van der Waals surface area (Å²) in [6.45, 7) is 4.56. The minimum atomic E-state index is -0.166. The van der Waals surface area contributed by atoms with Crippen LogP contribution in [0.1, 0.15) is 19.4 Å². The Hall–Kier alpha value is -2.23. The third-order valence-corrected chi connectivity index (χ3v) is 3.06. The maximum atomic E-state index is 13.5. The van der Waals surface area contributed by atoms with Crippen molar-refractivity contribution < 1.29 is 9.13 Å². The van der Waals surface area contributed by atoms with E-state index < -0.39 is 0 Å². The summed E-state index contributed by atoms with van der Waals surface area (Å²) in [7, 11) is 0. The van der Waals surface area contributed by atoms with Gasteiger partial charge in [0.05, 0.1) is 11.8 Å². The van der Waals surface area contributed by atoms with Gasteiger partial charge in [-0.3, -0.25) is 0 Å². The van der Waals surface area contributed by atoms with Gasteiger partial charge in [-0.2, -0.15) is 0 Å². The second kappa shape index (κ2) is 6.97.